The number of benzene rings is 2. The van der Waals surface area contributed by atoms with Crippen molar-refractivity contribution in [1.29, 1.82) is 0 Å². The van der Waals surface area contributed by atoms with E-state index in [1.54, 1.807) is 0 Å². The Morgan fingerprint density at radius 1 is 0.920 bits per heavy atom. The van der Waals surface area contributed by atoms with Crippen LogP contribution in [0.4, 0.5) is 0 Å². The van der Waals surface area contributed by atoms with Gasteiger partial charge in [-0.2, -0.15) is 0 Å². The van der Waals surface area contributed by atoms with Gasteiger partial charge in [-0.05, 0) is 25.1 Å². The van der Waals surface area contributed by atoms with Gasteiger partial charge >= 0.3 is 0 Å². The number of nitrogens with one attached hydrogen (secondary N) is 1. The van der Waals surface area contributed by atoms with Gasteiger partial charge in [0.15, 0.2) is 11.6 Å². The van der Waals surface area contributed by atoms with E-state index in [1.807, 2.05) is 66.3 Å². The normalized spacial score (nSPS) is 11.4. The maximum Gasteiger partial charge on any atom is 0.163 e. The summed E-state index contributed by atoms with van der Waals surface area (Å²) in [7, 11) is 0. The van der Waals surface area contributed by atoms with Crippen LogP contribution >= 0.6 is 0 Å². The summed E-state index contributed by atoms with van der Waals surface area (Å²) in [4.78, 5) is 17.4. The smallest absolute Gasteiger partial charge is 0.163 e. The zero-order chi connectivity index (χ0) is 16.8. The van der Waals surface area contributed by atoms with Crippen LogP contribution in [0.3, 0.4) is 0 Å². The zero-order valence-electron chi connectivity index (χ0n) is 13.6. The lowest BCUT2D eigenvalue weighted by Crippen LogP contribution is -2.00. The molecule has 25 heavy (non-hydrogen) atoms. The molecule has 0 aliphatic carbocycles. The van der Waals surface area contributed by atoms with Gasteiger partial charge in [0.25, 0.3) is 0 Å². The number of H-pyrrole nitrogens is 1. The van der Waals surface area contributed by atoms with E-state index in [2.05, 4.69) is 22.1 Å². The van der Waals surface area contributed by atoms with Crippen LogP contribution in [0.25, 0.3) is 39.3 Å². The molecule has 0 spiro atoms. The Bertz CT molecular complexity index is 1200. The maximum atomic E-state index is 4.87. The van der Waals surface area contributed by atoms with Gasteiger partial charge in [-0.15, -0.1) is 0 Å². The predicted molar refractivity (Wildman–Crippen MR) is 98.7 cm³/mol. The Labute approximate surface area is 144 Å². The second-order valence-corrected chi connectivity index (χ2v) is 6.05. The first kappa shape index (κ1) is 13.9. The number of para-hydroxylation sites is 2. The van der Waals surface area contributed by atoms with E-state index < -0.39 is 0 Å². The molecule has 2 aromatic carbocycles. The maximum absolute atomic E-state index is 4.87. The molecule has 0 unspecified atom stereocenters. The molecule has 5 rings (SSSR count). The van der Waals surface area contributed by atoms with E-state index in [4.69, 9.17) is 9.97 Å². The van der Waals surface area contributed by atoms with Crippen LogP contribution < -0.4 is 0 Å². The standard InChI is InChI=1S/C20H15N5/c1-13-11-15-19(22-13)23-18(14-7-3-2-4-8-14)24-20(15)25-12-21-16-9-5-6-10-17(16)25/h2-12H,1H3,(H,22,23,24). The summed E-state index contributed by atoms with van der Waals surface area (Å²) in [5.74, 6) is 1.53. The molecule has 0 fully saturated rings. The van der Waals surface area contributed by atoms with Gasteiger partial charge in [-0.3, -0.25) is 4.57 Å². The molecule has 0 radical (unpaired) electrons. The van der Waals surface area contributed by atoms with Crippen LogP contribution in [0.15, 0.2) is 67.0 Å². The molecule has 0 aliphatic rings. The molecule has 0 amide bonds. The van der Waals surface area contributed by atoms with Crippen LogP contribution in [0.2, 0.25) is 0 Å². The molecule has 5 nitrogen and oxygen atoms in total. The summed E-state index contributed by atoms with van der Waals surface area (Å²) >= 11 is 0. The quantitative estimate of drug-likeness (QED) is 0.527. The van der Waals surface area contributed by atoms with Crippen molar-refractivity contribution in [3.8, 4) is 17.2 Å². The van der Waals surface area contributed by atoms with Crippen LogP contribution in [0, 0.1) is 6.92 Å². The third-order valence-corrected chi connectivity index (χ3v) is 4.32. The largest absolute Gasteiger partial charge is 0.343 e. The first-order chi connectivity index (χ1) is 12.3. The number of hydrogen-bond acceptors (Lipinski definition) is 3. The van der Waals surface area contributed by atoms with Crippen LogP contribution in [-0.2, 0) is 0 Å². The number of nitrogens with zero attached hydrogens (tertiary/aromatic N) is 4. The minimum Gasteiger partial charge on any atom is -0.343 e. The summed E-state index contributed by atoms with van der Waals surface area (Å²) in [5.41, 5.74) is 4.85. The first-order valence-corrected chi connectivity index (χ1v) is 8.15. The fourth-order valence-corrected chi connectivity index (χ4v) is 3.15. The molecule has 120 valence electrons. The van der Waals surface area contributed by atoms with Crippen molar-refractivity contribution in [3.05, 3.63) is 72.7 Å². The van der Waals surface area contributed by atoms with Crippen LogP contribution in [-0.4, -0.2) is 24.5 Å². The number of rotatable bonds is 2. The zero-order valence-corrected chi connectivity index (χ0v) is 13.6. The Kier molecular flexibility index (Phi) is 2.94. The Morgan fingerprint density at radius 3 is 2.60 bits per heavy atom. The van der Waals surface area contributed by atoms with Gasteiger partial charge in [0.1, 0.15) is 12.0 Å². The van der Waals surface area contributed by atoms with Crippen molar-refractivity contribution in [2.45, 2.75) is 6.92 Å². The Hall–Kier alpha value is -3.47. The van der Waals surface area contributed by atoms with E-state index in [0.29, 0.717) is 5.82 Å². The molecule has 0 saturated carbocycles. The molecule has 0 atom stereocenters. The van der Waals surface area contributed by atoms with E-state index in [1.165, 1.54) is 0 Å². The molecular formula is C20H15N5. The highest BCUT2D eigenvalue weighted by atomic mass is 15.1. The molecule has 0 aliphatic heterocycles. The summed E-state index contributed by atoms with van der Waals surface area (Å²) in [5, 5.41) is 0.986. The molecule has 3 aromatic heterocycles. The van der Waals surface area contributed by atoms with Crippen molar-refractivity contribution in [1.82, 2.24) is 24.5 Å². The summed E-state index contributed by atoms with van der Waals surface area (Å²) in [6.07, 6.45) is 1.82. The van der Waals surface area contributed by atoms with Gasteiger partial charge in [0, 0.05) is 11.3 Å². The number of hydrogen-bond donors (Lipinski definition) is 1. The number of imidazole rings is 1. The van der Waals surface area contributed by atoms with Crippen molar-refractivity contribution in [3.63, 3.8) is 0 Å². The third kappa shape index (κ3) is 2.21. The fourth-order valence-electron chi connectivity index (χ4n) is 3.15. The lowest BCUT2D eigenvalue weighted by molar-refractivity contribution is 1.02. The molecular weight excluding hydrogens is 310 g/mol. The van der Waals surface area contributed by atoms with Crippen molar-refractivity contribution >= 4 is 22.1 Å². The minimum absolute atomic E-state index is 0.697. The SMILES string of the molecule is Cc1cc2c(-n3cnc4ccccc43)nc(-c3ccccc3)nc2[nH]1. The topological polar surface area (TPSA) is 59.4 Å². The average molecular weight is 325 g/mol. The summed E-state index contributed by atoms with van der Waals surface area (Å²) < 4.78 is 2.03. The third-order valence-electron chi connectivity index (χ3n) is 4.32. The second kappa shape index (κ2) is 5.27. The van der Waals surface area contributed by atoms with Crippen molar-refractivity contribution in [2.75, 3.05) is 0 Å². The number of aryl methyl sites for hydroxylation is 1. The number of aromatic nitrogens is 5. The monoisotopic (exact) mass is 325 g/mol. The van der Waals surface area contributed by atoms with E-state index >= 15 is 0 Å². The molecule has 1 N–H and O–H groups in total. The molecule has 0 bridgehead atoms. The van der Waals surface area contributed by atoms with Crippen molar-refractivity contribution in [2.24, 2.45) is 0 Å². The predicted octanol–water partition coefficient (Wildman–Crippen LogP) is 4.27. The second-order valence-electron chi connectivity index (χ2n) is 6.05. The lowest BCUT2D eigenvalue weighted by Gasteiger charge is -2.08. The molecule has 0 saturated heterocycles. The Morgan fingerprint density at radius 2 is 1.72 bits per heavy atom. The van der Waals surface area contributed by atoms with Gasteiger partial charge in [-0.1, -0.05) is 42.5 Å². The highest BCUT2D eigenvalue weighted by Gasteiger charge is 2.15. The lowest BCUT2D eigenvalue weighted by atomic mass is 10.2. The first-order valence-electron chi connectivity index (χ1n) is 8.15. The highest BCUT2D eigenvalue weighted by molar-refractivity contribution is 5.88. The number of aromatic amines is 1. The summed E-state index contributed by atoms with van der Waals surface area (Å²) in [6, 6.07) is 20.2. The number of fused-ring (bicyclic) bond motifs is 2. The molecule has 3 heterocycles. The van der Waals surface area contributed by atoms with E-state index in [9.17, 15) is 0 Å². The van der Waals surface area contributed by atoms with Crippen LogP contribution in [0.5, 0.6) is 0 Å². The van der Waals surface area contributed by atoms with E-state index in [0.717, 1.165) is 39.1 Å². The molecule has 5 aromatic rings. The van der Waals surface area contributed by atoms with E-state index in [-0.39, 0.29) is 0 Å². The van der Waals surface area contributed by atoms with Crippen LogP contribution in [0.1, 0.15) is 5.69 Å². The highest BCUT2D eigenvalue weighted by Crippen LogP contribution is 2.27. The van der Waals surface area contributed by atoms with Gasteiger partial charge in [0.2, 0.25) is 0 Å². The average Bonchev–Trinajstić information content (AvgIpc) is 3.24. The molecule has 5 heteroatoms. The van der Waals surface area contributed by atoms with Gasteiger partial charge < -0.3 is 4.98 Å². The van der Waals surface area contributed by atoms with Gasteiger partial charge in [-0.25, -0.2) is 15.0 Å². The van der Waals surface area contributed by atoms with Gasteiger partial charge in [0.05, 0.1) is 16.4 Å². The van der Waals surface area contributed by atoms with Crippen molar-refractivity contribution < 1.29 is 0 Å². The summed E-state index contributed by atoms with van der Waals surface area (Å²) in [6.45, 7) is 2.03. The fraction of sp³-hybridized carbons (Fsp3) is 0.0500. The minimum atomic E-state index is 0.697. The Balaban J connectivity index is 1.85.